The Balaban J connectivity index is 2.57. The van der Waals surface area contributed by atoms with Gasteiger partial charge < -0.3 is 10.2 Å². The van der Waals surface area contributed by atoms with Gasteiger partial charge in [0.25, 0.3) is 0 Å². The maximum absolute atomic E-state index is 9.51. The van der Waals surface area contributed by atoms with E-state index in [0.717, 1.165) is 19.5 Å². The Bertz CT molecular complexity index is 198. The van der Waals surface area contributed by atoms with Crippen molar-refractivity contribution in [3.05, 3.63) is 0 Å². The van der Waals surface area contributed by atoms with E-state index in [2.05, 4.69) is 18.7 Å². The van der Waals surface area contributed by atoms with Crippen LogP contribution >= 0.6 is 0 Å². The van der Waals surface area contributed by atoms with Crippen molar-refractivity contribution in [2.75, 3.05) is 26.3 Å². The van der Waals surface area contributed by atoms with Gasteiger partial charge in [0.05, 0.1) is 6.61 Å². The zero-order valence-corrected chi connectivity index (χ0v) is 11.5. The molecule has 1 saturated carbocycles. The Morgan fingerprint density at radius 3 is 2.29 bits per heavy atom. The van der Waals surface area contributed by atoms with Gasteiger partial charge in [-0.1, -0.05) is 33.1 Å². The van der Waals surface area contributed by atoms with Crippen LogP contribution in [0.5, 0.6) is 0 Å². The van der Waals surface area contributed by atoms with Gasteiger partial charge in [0.2, 0.25) is 0 Å². The molecule has 0 aromatic rings. The maximum Gasteiger partial charge on any atom is 0.0558 e. The van der Waals surface area contributed by atoms with Crippen LogP contribution in [-0.4, -0.2) is 47.5 Å². The molecule has 1 rings (SSSR count). The van der Waals surface area contributed by atoms with E-state index in [1.165, 1.54) is 32.1 Å². The predicted octanol–water partition coefficient (Wildman–Crippen LogP) is 2.02. The average molecular weight is 243 g/mol. The van der Waals surface area contributed by atoms with E-state index in [1.54, 1.807) is 0 Å². The van der Waals surface area contributed by atoms with Crippen LogP contribution in [-0.2, 0) is 0 Å². The molecule has 0 heterocycles. The second kappa shape index (κ2) is 7.34. The molecule has 1 aliphatic carbocycles. The van der Waals surface area contributed by atoms with Gasteiger partial charge in [-0.25, -0.2) is 0 Å². The molecule has 1 atom stereocenters. The monoisotopic (exact) mass is 243 g/mol. The summed E-state index contributed by atoms with van der Waals surface area (Å²) in [5.41, 5.74) is -0.0212. The quantitative estimate of drug-likeness (QED) is 0.719. The third kappa shape index (κ3) is 4.57. The SMILES string of the molecule is CCC(C)(CO)CN(CCO)C1CCCCC1. The summed E-state index contributed by atoms with van der Waals surface area (Å²) in [4.78, 5) is 2.40. The molecule has 0 spiro atoms. The molecule has 0 amide bonds. The van der Waals surface area contributed by atoms with Gasteiger partial charge in [-0.2, -0.15) is 0 Å². The number of hydrogen-bond acceptors (Lipinski definition) is 3. The molecule has 0 saturated heterocycles. The second-order valence-corrected chi connectivity index (χ2v) is 5.81. The third-order valence-corrected chi connectivity index (χ3v) is 4.30. The molecule has 3 nitrogen and oxygen atoms in total. The first-order valence-corrected chi connectivity index (χ1v) is 7.11. The van der Waals surface area contributed by atoms with E-state index in [1.807, 2.05) is 0 Å². The van der Waals surface area contributed by atoms with E-state index >= 15 is 0 Å². The number of aliphatic hydroxyl groups is 2. The Kier molecular flexibility index (Phi) is 6.45. The zero-order chi connectivity index (χ0) is 12.7. The van der Waals surface area contributed by atoms with Crippen LogP contribution in [0.2, 0.25) is 0 Å². The molecule has 0 radical (unpaired) electrons. The summed E-state index contributed by atoms with van der Waals surface area (Å²) >= 11 is 0. The van der Waals surface area contributed by atoms with Crippen molar-refractivity contribution in [3.63, 3.8) is 0 Å². The van der Waals surface area contributed by atoms with Gasteiger partial charge in [0, 0.05) is 31.2 Å². The van der Waals surface area contributed by atoms with Gasteiger partial charge in [-0.05, 0) is 19.3 Å². The van der Waals surface area contributed by atoms with Gasteiger partial charge in [-0.3, -0.25) is 4.90 Å². The summed E-state index contributed by atoms with van der Waals surface area (Å²) < 4.78 is 0. The highest BCUT2D eigenvalue weighted by Crippen LogP contribution is 2.27. The van der Waals surface area contributed by atoms with Gasteiger partial charge >= 0.3 is 0 Å². The first kappa shape index (κ1) is 14.9. The molecule has 1 fully saturated rings. The normalized spacial score (nSPS) is 21.7. The van der Waals surface area contributed by atoms with E-state index in [9.17, 15) is 10.2 Å². The summed E-state index contributed by atoms with van der Waals surface area (Å²) in [6.07, 6.45) is 7.48. The lowest BCUT2D eigenvalue weighted by Crippen LogP contribution is -2.45. The lowest BCUT2D eigenvalue weighted by atomic mass is 9.86. The highest BCUT2D eigenvalue weighted by atomic mass is 16.3. The van der Waals surface area contributed by atoms with Crippen molar-refractivity contribution >= 4 is 0 Å². The van der Waals surface area contributed by atoms with Crippen LogP contribution in [0, 0.1) is 5.41 Å². The fourth-order valence-electron chi connectivity index (χ4n) is 2.73. The van der Waals surface area contributed by atoms with Crippen LogP contribution in [0.4, 0.5) is 0 Å². The van der Waals surface area contributed by atoms with Crippen LogP contribution in [0.15, 0.2) is 0 Å². The Labute approximate surface area is 106 Å². The zero-order valence-electron chi connectivity index (χ0n) is 11.5. The van der Waals surface area contributed by atoms with Crippen LogP contribution in [0.25, 0.3) is 0 Å². The topological polar surface area (TPSA) is 43.7 Å². The molecule has 17 heavy (non-hydrogen) atoms. The van der Waals surface area contributed by atoms with Crippen molar-refractivity contribution in [3.8, 4) is 0 Å². The van der Waals surface area contributed by atoms with Crippen LogP contribution in [0.1, 0.15) is 52.4 Å². The Morgan fingerprint density at radius 1 is 1.18 bits per heavy atom. The molecule has 3 heteroatoms. The minimum atomic E-state index is -0.0212. The lowest BCUT2D eigenvalue weighted by Gasteiger charge is -2.39. The van der Waals surface area contributed by atoms with E-state index < -0.39 is 0 Å². The smallest absolute Gasteiger partial charge is 0.0558 e. The van der Waals surface area contributed by atoms with E-state index in [0.29, 0.717) is 6.04 Å². The van der Waals surface area contributed by atoms with E-state index in [4.69, 9.17) is 0 Å². The molecule has 102 valence electrons. The number of hydrogen-bond donors (Lipinski definition) is 2. The Hall–Kier alpha value is -0.120. The van der Waals surface area contributed by atoms with Crippen LogP contribution in [0.3, 0.4) is 0 Å². The molecule has 1 unspecified atom stereocenters. The summed E-state index contributed by atoms with van der Waals surface area (Å²) in [6, 6.07) is 0.619. The summed E-state index contributed by atoms with van der Waals surface area (Å²) in [5, 5.41) is 18.7. The second-order valence-electron chi connectivity index (χ2n) is 5.81. The molecule has 2 N–H and O–H groups in total. The van der Waals surface area contributed by atoms with Crippen LogP contribution < -0.4 is 0 Å². The van der Waals surface area contributed by atoms with Gasteiger partial charge in [-0.15, -0.1) is 0 Å². The van der Waals surface area contributed by atoms with E-state index in [-0.39, 0.29) is 18.6 Å². The highest BCUT2D eigenvalue weighted by Gasteiger charge is 2.28. The molecular formula is C14H29NO2. The number of nitrogens with zero attached hydrogens (tertiary/aromatic N) is 1. The first-order valence-electron chi connectivity index (χ1n) is 7.11. The summed E-state index contributed by atoms with van der Waals surface area (Å²) in [6.45, 7) is 6.39. The maximum atomic E-state index is 9.51. The van der Waals surface area contributed by atoms with Gasteiger partial charge in [0.15, 0.2) is 0 Å². The summed E-state index contributed by atoms with van der Waals surface area (Å²) in [7, 11) is 0. The minimum Gasteiger partial charge on any atom is -0.396 e. The number of aliphatic hydroxyl groups excluding tert-OH is 2. The minimum absolute atomic E-state index is 0.0212. The largest absolute Gasteiger partial charge is 0.396 e. The average Bonchev–Trinajstić information content (AvgIpc) is 2.39. The predicted molar refractivity (Wildman–Crippen MR) is 71.0 cm³/mol. The molecule has 0 bridgehead atoms. The van der Waals surface area contributed by atoms with Crippen molar-refractivity contribution in [1.82, 2.24) is 4.90 Å². The van der Waals surface area contributed by atoms with Crippen molar-refractivity contribution in [1.29, 1.82) is 0 Å². The standard InChI is InChI=1S/C14H29NO2/c1-3-14(2,12-17)11-15(9-10-16)13-7-5-4-6-8-13/h13,16-17H,3-12H2,1-2H3. The third-order valence-electron chi connectivity index (χ3n) is 4.30. The Morgan fingerprint density at radius 2 is 1.82 bits per heavy atom. The fraction of sp³-hybridized carbons (Fsp3) is 1.00. The number of rotatable bonds is 7. The van der Waals surface area contributed by atoms with Crippen molar-refractivity contribution in [2.24, 2.45) is 5.41 Å². The van der Waals surface area contributed by atoms with Crippen molar-refractivity contribution < 1.29 is 10.2 Å². The fourth-order valence-corrected chi connectivity index (χ4v) is 2.73. The van der Waals surface area contributed by atoms with Gasteiger partial charge in [0.1, 0.15) is 0 Å². The van der Waals surface area contributed by atoms with Crippen molar-refractivity contribution in [2.45, 2.75) is 58.4 Å². The highest BCUT2D eigenvalue weighted by molar-refractivity contribution is 4.82. The first-order chi connectivity index (χ1) is 8.15. The lowest BCUT2D eigenvalue weighted by molar-refractivity contribution is 0.0419. The molecule has 0 aromatic heterocycles. The molecular weight excluding hydrogens is 214 g/mol. The molecule has 0 aliphatic heterocycles. The molecule has 0 aromatic carbocycles. The summed E-state index contributed by atoms with van der Waals surface area (Å²) in [5.74, 6) is 0. The molecule has 1 aliphatic rings.